The van der Waals surface area contributed by atoms with Crippen molar-refractivity contribution in [2.45, 2.75) is 18.5 Å². The van der Waals surface area contributed by atoms with Crippen LogP contribution in [0.25, 0.3) is 10.9 Å². The molecule has 0 aromatic carbocycles. The van der Waals surface area contributed by atoms with Gasteiger partial charge in [-0.05, 0) is 6.42 Å². The Morgan fingerprint density at radius 3 is 2.81 bits per heavy atom. The smallest absolute Gasteiger partial charge is 0.407 e. The van der Waals surface area contributed by atoms with E-state index in [2.05, 4.69) is 15.3 Å². The van der Waals surface area contributed by atoms with Gasteiger partial charge >= 0.3 is 11.8 Å². The Morgan fingerprint density at radius 1 is 1.46 bits per heavy atom. The van der Waals surface area contributed by atoms with Gasteiger partial charge in [-0.1, -0.05) is 23.2 Å². The first-order valence-electron chi connectivity index (χ1n) is 7.53. The number of carbonyl (C=O) groups is 1. The summed E-state index contributed by atoms with van der Waals surface area (Å²) in [6.45, 7) is 0.334. The quantitative estimate of drug-likeness (QED) is 0.460. The Balaban J connectivity index is 1.83. The van der Waals surface area contributed by atoms with Crippen molar-refractivity contribution in [2.24, 2.45) is 5.92 Å². The minimum Gasteiger partial charge on any atom is -0.465 e. The molecule has 1 amide bonds. The van der Waals surface area contributed by atoms with Gasteiger partial charge in [0.2, 0.25) is 5.15 Å². The maximum absolute atomic E-state index is 14.3. The van der Waals surface area contributed by atoms with Gasteiger partial charge in [0, 0.05) is 18.7 Å². The third-order valence-corrected chi connectivity index (χ3v) is 5.43. The summed E-state index contributed by atoms with van der Waals surface area (Å²) in [4.78, 5) is 30.7. The van der Waals surface area contributed by atoms with E-state index in [4.69, 9.17) is 23.2 Å². The maximum Gasteiger partial charge on any atom is 0.407 e. The second-order valence-corrected chi connectivity index (χ2v) is 6.89. The number of rotatable bonds is 3. The highest BCUT2D eigenvalue weighted by atomic mass is 35.5. The molecular formula is C14H10Cl2FN5O4. The molecule has 5 rings (SSSR count). The lowest BCUT2D eigenvalue weighted by molar-refractivity contribution is -0.384. The molecule has 4 heterocycles. The molecule has 2 N–H and O–H groups in total. The molecule has 0 spiro atoms. The average Bonchev–Trinajstić information content (AvgIpc) is 3.15. The van der Waals surface area contributed by atoms with Gasteiger partial charge in [0.25, 0.3) is 0 Å². The van der Waals surface area contributed by atoms with Crippen LogP contribution in [0.15, 0.2) is 6.20 Å². The van der Waals surface area contributed by atoms with Crippen LogP contribution in [0.2, 0.25) is 10.3 Å². The molecule has 3 atom stereocenters. The number of halogens is 3. The topological polar surface area (TPSA) is 121 Å². The summed E-state index contributed by atoms with van der Waals surface area (Å²) in [7, 11) is 0. The molecule has 12 heteroatoms. The van der Waals surface area contributed by atoms with Gasteiger partial charge in [0.15, 0.2) is 11.0 Å². The van der Waals surface area contributed by atoms with Crippen LogP contribution in [0.3, 0.4) is 0 Å². The lowest BCUT2D eigenvalue weighted by Gasteiger charge is -2.37. The van der Waals surface area contributed by atoms with E-state index in [1.54, 1.807) is 0 Å². The molecule has 136 valence electrons. The SMILES string of the molecule is O=C(O)N1CC2CC1C2Nc1c([N+](=O)[O-])c(Cl)nc2c(F)c(Cl)ncc12. The van der Waals surface area contributed by atoms with Crippen molar-refractivity contribution in [3.8, 4) is 0 Å². The summed E-state index contributed by atoms with van der Waals surface area (Å²) in [6.07, 6.45) is 0.787. The second kappa shape index (κ2) is 5.78. The van der Waals surface area contributed by atoms with Gasteiger partial charge in [-0.25, -0.2) is 19.2 Å². The first-order valence-corrected chi connectivity index (χ1v) is 8.29. The standard InChI is InChI=1S/C14H10Cl2FN5O4/c15-12-7(17)9-5(2-18-12)10(11(22(25)26)13(16)20-9)19-8-4-1-6(8)21(3-4)14(23)24/h2,4,6,8H,1,3H2,(H,19,20)(H,23,24). The average molecular weight is 402 g/mol. The van der Waals surface area contributed by atoms with Gasteiger partial charge < -0.3 is 15.3 Å². The van der Waals surface area contributed by atoms with Gasteiger partial charge in [-0.3, -0.25) is 10.1 Å². The predicted octanol–water partition coefficient (Wildman–Crippen LogP) is 3.15. The second-order valence-electron chi connectivity index (χ2n) is 6.18. The van der Waals surface area contributed by atoms with Crippen LogP contribution in [0.5, 0.6) is 0 Å². The minimum atomic E-state index is -1.05. The number of fused-ring (bicyclic) bond motifs is 2. The van der Waals surface area contributed by atoms with Crippen LogP contribution in [0, 0.1) is 21.8 Å². The summed E-state index contributed by atoms with van der Waals surface area (Å²) in [5.74, 6) is -0.935. The number of anilines is 1. The highest BCUT2D eigenvalue weighted by Crippen LogP contribution is 2.46. The third kappa shape index (κ3) is 2.32. The number of nitrogens with zero attached hydrogens (tertiary/aromatic N) is 4. The van der Waals surface area contributed by atoms with E-state index >= 15 is 0 Å². The number of hydrogen-bond acceptors (Lipinski definition) is 6. The highest BCUT2D eigenvalue weighted by molar-refractivity contribution is 6.33. The number of nitro groups is 1. The summed E-state index contributed by atoms with van der Waals surface area (Å²) >= 11 is 11.6. The van der Waals surface area contributed by atoms with E-state index in [-0.39, 0.29) is 34.6 Å². The number of amides is 1. The number of aromatic nitrogens is 2. The van der Waals surface area contributed by atoms with Crippen molar-refractivity contribution in [1.82, 2.24) is 14.9 Å². The molecule has 2 aromatic rings. The molecule has 2 aromatic heterocycles. The van der Waals surface area contributed by atoms with E-state index in [9.17, 15) is 24.4 Å². The number of carboxylic acid groups (broad SMARTS) is 1. The molecule has 2 saturated heterocycles. The zero-order chi connectivity index (χ0) is 18.7. The molecule has 9 nitrogen and oxygen atoms in total. The molecule has 2 bridgehead atoms. The molecule has 3 aliphatic rings. The molecule has 26 heavy (non-hydrogen) atoms. The largest absolute Gasteiger partial charge is 0.465 e. The van der Waals surface area contributed by atoms with Gasteiger partial charge in [0.05, 0.1) is 22.4 Å². The fourth-order valence-corrected chi connectivity index (χ4v) is 4.05. The van der Waals surface area contributed by atoms with Crippen molar-refractivity contribution in [1.29, 1.82) is 0 Å². The van der Waals surface area contributed by atoms with Gasteiger partial charge in [-0.15, -0.1) is 0 Å². The van der Waals surface area contributed by atoms with E-state index in [0.717, 1.165) is 0 Å². The molecule has 1 saturated carbocycles. The van der Waals surface area contributed by atoms with Crippen LogP contribution in [-0.4, -0.2) is 49.6 Å². The van der Waals surface area contributed by atoms with Gasteiger partial charge in [-0.2, -0.15) is 0 Å². The summed E-state index contributed by atoms with van der Waals surface area (Å²) in [5, 5.41) is 22.8. The Kier molecular flexibility index (Phi) is 3.77. The summed E-state index contributed by atoms with van der Waals surface area (Å²) < 4.78 is 14.3. The fraction of sp³-hybridized carbons (Fsp3) is 0.357. The van der Waals surface area contributed by atoms with Crippen molar-refractivity contribution in [3.05, 3.63) is 32.4 Å². The Labute approximate surface area is 154 Å². The summed E-state index contributed by atoms with van der Waals surface area (Å²) in [6, 6.07) is -0.658. The van der Waals surface area contributed by atoms with Crippen LogP contribution in [0.1, 0.15) is 6.42 Å². The zero-order valence-electron chi connectivity index (χ0n) is 12.8. The van der Waals surface area contributed by atoms with Crippen LogP contribution in [0.4, 0.5) is 20.6 Å². The number of nitrogens with one attached hydrogen (secondary N) is 1. The first-order chi connectivity index (χ1) is 12.3. The van der Waals surface area contributed by atoms with Crippen molar-refractivity contribution >= 4 is 51.6 Å². The Bertz CT molecular complexity index is 974. The van der Waals surface area contributed by atoms with Crippen molar-refractivity contribution < 1.29 is 19.2 Å². The minimum absolute atomic E-state index is 0.00259. The Morgan fingerprint density at radius 2 is 2.19 bits per heavy atom. The maximum atomic E-state index is 14.3. The van der Waals surface area contributed by atoms with E-state index in [1.807, 2.05) is 0 Å². The lowest BCUT2D eigenvalue weighted by atomic mass is 9.80. The lowest BCUT2D eigenvalue weighted by Crippen LogP contribution is -2.49. The van der Waals surface area contributed by atoms with E-state index in [1.165, 1.54) is 11.1 Å². The molecule has 0 radical (unpaired) electrons. The van der Waals surface area contributed by atoms with Crippen molar-refractivity contribution in [2.75, 3.05) is 11.9 Å². The first kappa shape index (κ1) is 17.0. The molecule has 3 unspecified atom stereocenters. The Hall–Kier alpha value is -2.46. The van der Waals surface area contributed by atoms with Crippen LogP contribution < -0.4 is 5.32 Å². The molecule has 2 aliphatic heterocycles. The van der Waals surface area contributed by atoms with E-state index in [0.29, 0.717) is 13.0 Å². The number of hydrogen-bond donors (Lipinski definition) is 2. The fourth-order valence-electron chi connectivity index (χ4n) is 3.66. The third-order valence-electron chi connectivity index (χ3n) is 4.90. The van der Waals surface area contributed by atoms with E-state index < -0.39 is 32.8 Å². The predicted molar refractivity (Wildman–Crippen MR) is 90.2 cm³/mol. The molecule has 3 fully saturated rings. The monoisotopic (exact) mass is 401 g/mol. The normalized spacial score (nSPS) is 23.8. The number of pyridine rings is 2. The zero-order valence-corrected chi connectivity index (χ0v) is 14.3. The summed E-state index contributed by atoms with van der Waals surface area (Å²) in [5.41, 5.74) is -0.805. The van der Waals surface area contributed by atoms with Crippen LogP contribution in [-0.2, 0) is 0 Å². The van der Waals surface area contributed by atoms with Crippen molar-refractivity contribution in [3.63, 3.8) is 0 Å². The highest BCUT2D eigenvalue weighted by Gasteiger charge is 2.54. The van der Waals surface area contributed by atoms with Gasteiger partial charge in [0.1, 0.15) is 11.2 Å². The van der Waals surface area contributed by atoms with Crippen LogP contribution >= 0.6 is 23.2 Å². The molecule has 1 aliphatic carbocycles. The molecular weight excluding hydrogens is 392 g/mol.